The van der Waals surface area contributed by atoms with E-state index in [9.17, 15) is 18.4 Å². The van der Waals surface area contributed by atoms with Crippen molar-refractivity contribution in [1.82, 2.24) is 4.98 Å². The number of nitrogens with one attached hydrogen (secondary N) is 1. The van der Waals surface area contributed by atoms with Crippen molar-refractivity contribution in [2.75, 3.05) is 5.32 Å². The summed E-state index contributed by atoms with van der Waals surface area (Å²) in [5.74, 6) is -2.60. The summed E-state index contributed by atoms with van der Waals surface area (Å²) in [6.45, 7) is 1.40. The summed E-state index contributed by atoms with van der Waals surface area (Å²) in [6, 6.07) is 11.6. The summed E-state index contributed by atoms with van der Waals surface area (Å²) in [5, 5.41) is 2.56. The van der Waals surface area contributed by atoms with E-state index in [0.717, 1.165) is 35.1 Å². The topological polar surface area (TPSA) is 59.1 Å². The Morgan fingerprint density at radius 3 is 2.48 bits per heavy atom. The lowest BCUT2D eigenvalue weighted by molar-refractivity contribution is 0.101. The number of halogens is 2. The van der Waals surface area contributed by atoms with Crippen LogP contribution in [0.1, 0.15) is 27.0 Å². The smallest absolute Gasteiger partial charge is 0.260 e. The van der Waals surface area contributed by atoms with E-state index in [1.165, 1.54) is 6.92 Å². The SMILES string of the molecule is CC(=O)c1sc(NC(=O)c2cc(F)ccc2F)nc1-c1ccccc1. The van der Waals surface area contributed by atoms with Crippen LogP contribution >= 0.6 is 11.3 Å². The van der Waals surface area contributed by atoms with E-state index in [2.05, 4.69) is 10.3 Å². The van der Waals surface area contributed by atoms with Crippen LogP contribution in [-0.2, 0) is 0 Å². The first-order valence-corrected chi connectivity index (χ1v) is 8.11. The van der Waals surface area contributed by atoms with Crippen molar-refractivity contribution in [2.24, 2.45) is 0 Å². The van der Waals surface area contributed by atoms with Gasteiger partial charge in [-0.2, -0.15) is 0 Å². The molecule has 126 valence electrons. The average molecular weight is 358 g/mol. The van der Waals surface area contributed by atoms with Gasteiger partial charge >= 0.3 is 0 Å². The number of carbonyl (C=O) groups is 2. The number of thiazole rings is 1. The lowest BCUT2D eigenvalue weighted by Crippen LogP contribution is -2.13. The van der Waals surface area contributed by atoms with Crippen LogP contribution in [0.5, 0.6) is 0 Å². The Balaban J connectivity index is 1.95. The van der Waals surface area contributed by atoms with Crippen molar-refractivity contribution in [1.29, 1.82) is 0 Å². The minimum Gasteiger partial charge on any atom is -0.298 e. The van der Waals surface area contributed by atoms with Crippen LogP contribution in [0.4, 0.5) is 13.9 Å². The molecule has 0 aliphatic carbocycles. The van der Waals surface area contributed by atoms with E-state index in [-0.39, 0.29) is 10.9 Å². The van der Waals surface area contributed by atoms with Crippen molar-refractivity contribution < 1.29 is 18.4 Å². The monoisotopic (exact) mass is 358 g/mol. The lowest BCUT2D eigenvalue weighted by atomic mass is 10.1. The van der Waals surface area contributed by atoms with Crippen LogP contribution in [-0.4, -0.2) is 16.7 Å². The van der Waals surface area contributed by atoms with Gasteiger partial charge in [-0.25, -0.2) is 13.8 Å². The van der Waals surface area contributed by atoms with Gasteiger partial charge in [-0.05, 0) is 18.2 Å². The molecule has 0 saturated carbocycles. The van der Waals surface area contributed by atoms with Gasteiger partial charge in [-0.3, -0.25) is 14.9 Å². The van der Waals surface area contributed by atoms with Crippen molar-refractivity contribution >= 4 is 28.2 Å². The Bertz CT molecular complexity index is 955. The highest BCUT2D eigenvalue weighted by Gasteiger charge is 2.19. The summed E-state index contributed by atoms with van der Waals surface area (Å²) in [6.07, 6.45) is 0. The van der Waals surface area contributed by atoms with Crippen LogP contribution in [0.15, 0.2) is 48.5 Å². The quantitative estimate of drug-likeness (QED) is 0.697. The molecule has 0 unspecified atom stereocenters. The van der Waals surface area contributed by atoms with E-state index in [1.54, 1.807) is 24.3 Å². The second-order valence-corrected chi connectivity index (χ2v) is 6.20. The lowest BCUT2D eigenvalue weighted by Gasteiger charge is -2.03. The van der Waals surface area contributed by atoms with E-state index in [0.29, 0.717) is 10.6 Å². The molecular weight excluding hydrogens is 346 g/mol. The third-order valence-corrected chi connectivity index (χ3v) is 4.46. The number of rotatable bonds is 4. The molecule has 0 aliphatic heterocycles. The molecule has 1 amide bonds. The number of hydrogen-bond acceptors (Lipinski definition) is 4. The molecule has 2 aromatic carbocycles. The number of amides is 1. The van der Waals surface area contributed by atoms with Crippen molar-refractivity contribution in [3.63, 3.8) is 0 Å². The average Bonchev–Trinajstić information content (AvgIpc) is 3.02. The Kier molecular flexibility index (Phi) is 4.67. The molecule has 1 heterocycles. The number of hydrogen-bond donors (Lipinski definition) is 1. The first kappa shape index (κ1) is 16.9. The Morgan fingerprint density at radius 2 is 1.80 bits per heavy atom. The van der Waals surface area contributed by atoms with Gasteiger partial charge in [-0.1, -0.05) is 41.7 Å². The maximum atomic E-state index is 13.7. The van der Waals surface area contributed by atoms with Crippen LogP contribution in [0, 0.1) is 11.6 Å². The van der Waals surface area contributed by atoms with Gasteiger partial charge in [0.25, 0.3) is 5.91 Å². The number of ketones is 1. The molecule has 0 spiro atoms. The third-order valence-electron chi connectivity index (χ3n) is 3.39. The van der Waals surface area contributed by atoms with Crippen LogP contribution in [0.25, 0.3) is 11.3 Å². The minimum atomic E-state index is -0.842. The summed E-state index contributed by atoms with van der Waals surface area (Å²) in [5.41, 5.74) is 0.732. The maximum absolute atomic E-state index is 13.7. The summed E-state index contributed by atoms with van der Waals surface area (Å²) in [7, 11) is 0. The van der Waals surface area contributed by atoms with E-state index >= 15 is 0 Å². The second kappa shape index (κ2) is 6.90. The summed E-state index contributed by atoms with van der Waals surface area (Å²) < 4.78 is 26.9. The van der Waals surface area contributed by atoms with Gasteiger partial charge < -0.3 is 0 Å². The molecule has 3 aromatic rings. The fourth-order valence-electron chi connectivity index (χ4n) is 2.24. The van der Waals surface area contributed by atoms with Gasteiger partial charge in [0.2, 0.25) is 0 Å². The molecule has 0 fully saturated rings. The van der Waals surface area contributed by atoms with E-state index in [4.69, 9.17) is 0 Å². The highest BCUT2D eigenvalue weighted by molar-refractivity contribution is 7.18. The summed E-state index contributed by atoms with van der Waals surface area (Å²) in [4.78, 5) is 28.7. The predicted octanol–water partition coefficient (Wildman–Crippen LogP) is 4.54. The van der Waals surface area contributed by atoms with Crippen molar-refractivity contribution in [3.8, 4) is 11.3 Å². The Morgan fingerprint density at radius 1 is 1.08 bits per heavy atom. The van der Waals surface area contributed by atoms with Crippen LogP contribution in [0.3, 0.4) is 0 Å². The highest BCUT2D eigenvalue weighted by atomic mass is 32.1. The largest absolute Gasteiger partial charge is 0.298 e. The molecule has 0 aliphatic rings. The fraction of sp³-hybridized carbons (Fsp3) is 0.0556. The number of anilines is 1. The highest BCUT2D eigenvalue weighted by Crippen LogP contribution is 2.31. The first-order chi connectivity index (χ1) is 12.0. The number of aromatic nitrogens is 1. The molecule has 0 atom stereocenters. The number of carbonyl (C=O) groups excluding carboxylic acids is 2. The minimum absolute atomic E-state index is 0.137. The molecule has 1 aromatic heterocycles. The van der Waals surface area contributed by atoms with Crippen molar-refractivity contribution in [2.45, 2.75) is 6.92 Å². The maximum Gasteiger partial charge on any atom is 0.260 e. The molecule has 0 saturated heterocycles. The van der Waals surface area contributed by atoms with Crippen molar-refractivity contribution in [3.05, 3.63) is 70.6 Å². The molecule has 3 rings (SSSR count). The molecule has 0 bridgehead atoms. The third kappa shape index (κ3) is 3.61. The molecule has 25 heavy (non-hydrogen) atoms. The molecular formula is C18H12F2N2O2S. The number of Topliss-reactive ketones (excluding diaryl/α,β-unsaturated/α-hetero) is 1. The van der Waals surface area contributed by atoms with Gasteiger partial charge in [-0.15, -0.1) is 0 Å². The molecule has 4 nitrogen and oxygen atoms in total. The Hall–Kier alpha value is -2.93. The van der Waals surface area contributed by atoms with Gasteiger partial charge in [0.05, 0.1) is 16.1 Å². The zero-order chi connectivity index (χ0) is 18.0. The zero-order valence-electron chi connectivity index (χ0n) is 13.0. The predicted molar refractivity (Wildman–Crippen MR) is 91.9 cm³/mol. The normalized spacial score (nSPS) is 10.5. The Labute approximate surface area is 146 Å². The number of benzene rings is 2. The second-order valence-electron chi connectivity index (χ2n) is 5.20. The van der Waals surface area contributed by atoms with Gasteiger partial charge in [0.15, 0.2) is 10.9 Å². The van der Waals surface area contributed by atoms with Crippen LogP contribution < -0.4 is 5.32 Å². The molecule has 0 radical (unpaired) electrons. The van der Waals surface area contributed by atoms with E-state index in [1.807, 2.05) is 6.07 Å². The number of nitrogens with zero attached hydrogens (tertiary/aromatic N) is 1. The first-order valence-electron chi connectivity index (χ1n) is 7.29. The van der Waals surface area contributed by atoms with E-state index < -0.39 is 23.1 Å². The fourth-order valence-corrected chi connectivity index (χ4v) is 3.12. The molecule has 7 heteroatoms. The standard InChI is InChI=1S/C18H12F2N2O2S/c1-10(23)16-15(11-5-3-2-4-6-11)21-18(25-16)22-17(24)13-9-12(19)7-8-14(13)20/h2-9H,1H3,(H,21,22,24). The van der Waals surface area contributed by atoms with Gasteiger partial charge in [0.1, 0.15) is 11.6 Å². The zero-order valence-corrected chi connectivity index (χ0v) is 13.9. The van der Waals surface area contributed by atoms with Gasteiger partial charge in [0, 0.05) is 12.5 Å². The molecule has 1 N–H and O–H groups in total. The van der Waals surface area contributed by atoms with Crippen LogP contribution in [0.2, 0.25) is 0 Å². The summed E-state index contributed by atoms with van der Waals surface area (Å²) >= 11 is 0.987.